The second-order valence-electron chi connectivity index (χ2n) is 4.42. The predicted octanol–water partition coefficient (Wildman–Crippen LogP) is 1.41. The Bertz CT molecular complexity index is 362. The Hall–Kier alpha value is -1.19. The van der Waals surface area contributed by atoms with E-state index in [1.165, 1.54) is 0 Å². The number of hydrogen-bond acceptors (Lipinski definition) is 3. The van der Waals surface area contributed by atoms with E-state index in [0.717, 1.165) is 18.7 Å². The van der Waals surface area contributed by atoms with Crippen molar-refractivity contribution in [3.8, 4) is 0 Å². The van der Waals surface area contributed by atoms with Gasteiger partial charge in [-0.25, -0.2) is 9.78 Å². The second-order valence-corrected chi connectivity index (χ2v) is 4.42. The number of aryl methyl sites for hydroxylation is 1. The highest BCUT2D eigenvalue weighted by molar-refractivity contribution is 5.02. The molecule has 0 aliphatic heterocycles. The Morgan fingerprint density at radius 1 is 1.29 bits per heavy atom. The minimum Gasteiger partial charge on any atom is -0.294 e. The molecule has 78 valence electrons. The van der Waals surface area contributed by atoms with Gasteiger partial charge in [0, 0.05) is 11.8 Å². The van der Waals surface area contributed by atoms with Gasteiger partial charge in [-0.3, -0.25) is 4.98 Å². The third kappa shape index (κ3) is 2.65. The number of aromatic amines is 1. The first kappa shape index (κ1) is 10.9. The Kier molecular flexibility index (Phi) is 3.03. The molecule has 0 atom stereocenters. The molecule has 0 fully saturated rings. The van der Waals surface area contributed by atoms with Crippen LogP contribution in [0.3, 0.4) is 0 Å². The fourth-order valence-corrected chi connectivity index (χ4v) is 1.12. The van der Waals surface area contributed by atoms with Gasteiger partial charge in [0.1, 0.15) is 11.6 Å². The third-order valence-electron chi connectivity index (χ3n) is 1.86. The van der Waals surface area contributed by atoms with Crippen LogP contribution < -0.4 is 5.69 Å². The van der Waals surface area contributed by atoms with Crippen molar-refractivity contribution in [2.24, 2.45) is 0 Å². The molecule has 0 aromatic carbocycles. The molecule has 0 amide bonds. The van der Waals surface area contributed by atoms with Crippen molar-refractivity contribution < 1.29 is 0 Å². The number of rotatable bonds is 2. The van der Waals surface area contributed by atoms with Crippen LogP contribution in [0.25, 0.3) is 0 Å². The minimum absolute atomic E-state index is 0.170. The summed E-state index contributed by atoms with van der Waals surface area (Å²) in [6.07, 6.45) is 1.76. The van der Waals surface area contributed by atoms with Gasteiger partial charge in [0.2, 0.25) is 0 Å². The SMILES string of the molecule is CCCc1nc(C(C)(C)C)nc(=O)[nH]1. The molecule has 0 aliphatic rings. The summed E-state index contributed by atoms with van der Waals surface area (Å²) in [7, 11) is 0. The normalized spacial score (nSPS) is 11.7. The van der Waals surface area contributed by atoms with Crippen LogP contribution in [0, 0.1) is 0 Å². The summed E-state index contributed by atoms with van der Waals surface area (Å²) in [5.74, 6) is 1.35. The van der Waals surface area contributed by atoms with Gasteiger partial charge in [-0.2, -0.15) is 4.98 Å². The quantitative estimate of drug-likeness (QED) is 0.776. The Morgan fingerprint density at radius 3 is 2.43 bits per heavy atom. The van der Waals surface area contributed by atoms with Gasteiger partial charge in [-0.05, 0) is 6.42 Å². The van der Waals surface area contributed by atoms with Crippen molar-refractivity contribution in [2.75, 3.05) is 0 Å². The first-order valence-electron chi connectivity index (χ1n) is 4.91. The molecule has 0 aliphatic carbocycles. The molecule has 0 saturated heterocycles. The molecular weight excluding hydrogens is 178 g/mol. The van der Waals surface area contributed by atoms with Gasteiger partial charge in [0.25, 0.3) is 0 Å². The van der Waals surface area contributed by atoms with Crippen LogP contribution in [0.1, 0.15) is 45.8 Å². The standard InChI is InChI=1S/C10H17N3O/c1-5-6-7-11-8(10(2,3)4)13-9(14)12-7/h5-6H2,1-4H3,(H,11,12,13,14). The van der Waals surface area contributed by atoms with Crippen molar-refractivity contribution in [3.05, 3.63) is 22.1 Å². The van der Waals surface area contributed by atoms with Crippen LogP contribution in [0.2, 0.25) is 0 Å². The second kappa shape index (κ2) is 3.90. The number of nitrogens with zero attached hydrogens (tertiary/aromatic N) is 2. The number of hydrogen-bond donors (Lipinski definition) is 1. The maximum absolute atomic E-state index is 11.2. The molecule has 14 heavy (non-hydrogen) atoms. The molecule has 0 bridgehead atoms. The Labute approximate surface area is 83.8 Å². The average Bonchev–Trinajstić information content (AvgIpc) is 2.02. The van der Waals surface area contributed by atoms with Crippen molar-refractivity contribution in [1.82, 2.24) is 15.0 Å². The van der Waals surface area contributed by atoms with E-state index in [1.807, 2.05) is 20.8 Å². The van der Waals surface area contributed by atoms with Gasteiger partial charge in [0.15, 0.2) is 0 Å². The van der Waals surface area contributed by atoms with E-state index in [4.69, 9.17) is 0 Å². The van der Waals surface area contributed by atoms with Crippen LogP contribution in [-0.4, -0.2) is 15.0 Å². The maximum Gasteiger partial charge on any atom is 0.348 e. The van der Waals surface area contributed by atoms with Crippen molar-refractivity contribution >= 4 is 0 Å². The summed E-state index contributed by atoms with van der Waals surface area (Å²) in [6, 6.07) is 0. The van der Waals surface area contributed by atoms with Crippen LogP contribution in [0.15, 0.2) is 4.79 Å². The summed E-state index contributed by atoms with van der Waals surface area (Å²) in [6.45, 7) is 8.05. The van der Waals surface area contributed by atoms with Gasteiger partial charge in [0.05, 0.1) is 0 Å². The lowest BCUT2D eigenvalue weighted by Crippen LogP contribution is -2.25. The lowest BCUT2D eigenvalue weighted by Gasteiger charge is -2.15. The lowest BCUT2D eigenvalue weighted by molar-refractivity contribution is 0.530. The van der Waals surface area contributed by atoms with E-state index in [2.05, 4.69) is 21.9 Å². The summed E-state index contributed by atoms with van der Waals surface area (Å²) in [5, 5.41) is 0. The van der Waals surface area contributed by atoms with Gasteiger partial charge < -0.3 is 0 Å². The topological polar surface area (TPSA) is 58.6 Å². The molecule has 1 rings (SSSR count). The molecule has 4 heteroatoms. The maximum atomic E-state index is 11.2. The monoisotopic (exact) mass is 195 g/mol. The van der Waals surface area contributed by atoms with E-state index < -0.39 is 0 Å². The van der Waals surface area contributed by atoms with E-state index in [1.54, 1.807) is 0 Å². The van der Waals surface area contributed by atoms with Gasteiger partial charge in [-0.15, -0.1) is 0 Å². The van der Waals surface area contributed by atoms with E-state index in [-0.39, 0.29) is 11.1 Å². The van der Waals surface area contributed by atoms with Gasteiger partial charge in [-0.1, -0.05) is 27.7 Å². The smallest absolute Gasteiger partial charge is 0.294 e. The first-order chi connectivity index (χ1) is 6.43. The summed E-state index contributed by atoms with van der Waals surface area (Å²) in [5.41, 5.74) is -0.468. The fourth-order valence-electron chi connectivity index (χ4n) is 1.12. The fraction of sp³-hybridized carbons (Fsp3) is 0.700. The average molecular weight is 195 g/mol. The zero-order valence-corrected chi connectivity index (χ0v) is 9.22. The zero-order chi connectivity index (χ0) is 10.8. The van der Waals surface area contributed by atoms with Crippen molar-refractivity contribution in [1.29, 1.82) is 0 Å². The van der Waals surface area contributed by atoms with Crippen LogP contribution >= 0.6 is 0 Å². The number of H-pyrrole nitrogens is 1. The van der Waals surface area contributed by atoms with Crippen molar-refractivity contribution in [3.63, 3.8) is 0 Å². The summed E-state index contributed by atoms with van der Waals surface area (Å²) in [4.78, 5) is 22.1. The highest BCUT2D eigenvalue weighted by atomic mass is 16.1. The molecule has 1 aromatic rings. The van der Waals surface area contributed by atoms with Crippen LogP contribution in [0.5, 0.6) is 0 Å². The van der Waals surface area contributed by atoms with E-state index in [9.17, 15) is 4.79 Å². The lowest BCUT2D eigenvalue weighted by atomic mass is 9.96. The number of nitrogens with one attached hydrogen (secondary N) is 1. The highest BCUT2D eigenvalue weighted by Crippen LogP contribution is 2.16. The van der Waals surface area contributed by atoms with E-state index in [0.29, 0.717) is 5.82 Å². The van der Waals surface area contributed by atoms with Gasteiger partial charge >= 0.3 is 5.69 Å². The van der Waals surface area contributed by atoms with E-state index >= 15 is 0 Å². The Morgan fingerprint density at radius 2 is 1.93 bits per heavy atom. The van der Waals surface area contributed by atoms with Crippen LogP contribution in [0.4, 0.5) is 0 Å². The summed E-state index contributed by atoms with van der Waals surface area (Å²) >= 11 is 0. The number of aromatic nitrogens is 3. The molecule has 1 heterocycles. The molecular formula is C10H17N3O. The molecule has 0 unspecified atom stereocenters. The summed E-state index contributed by atoms with van der Waals surface area (Å²) < 4.78 is 0. The molecule has 0 spiro atoms. The molecule has 0 saturated carbocycles. The highest BCUT2D eigenvalue weighted by Gasteiger charge is 2.18. The minimum atomic E-state index is -0.298. The third-order valence-corrected chi connectivity index (χ3v) is 1.86. The largest absolute Gasteiger partial charge is 0.348 e. The molecule has 4 nitrogen and oxygen atoms in total. The molecule has 1 aromatic heterocycles. The molecule has 0 radical (unpaired) electrons. The predicted molar refractivity (Wildman–Crippen MR) is 55.3 cm³/mol. The van der Waals surface area contributed by atoms with Crippen molar-refractivity contribution in [2.45, 2.75) is 46.0 Å². The van der Waals surface area contributed by atoms with Crippen LogP contribution in [-0.2, 0) is 11.8 Å². The first-order valence-corrected chi connectivity index (χ1v) is 4.91. The zero-order valence-electron chi connectivity index (χ0n) is 9.22. The molecule has 1 N–H and O–H groups in total. The Balaban J connectivity index is 3.14.